The van der Waals surface area contributed by atoms with Gasteiger partial charge in [0.1, 0.15) is 0 Å². The molecule has 0 N–H and O–H groups in total. The molecule has 2 nitrogen and oxygen atoms in total. The van der Waals surface area contributed by atoms with E-state index in [1.165, 1.54) is 4.90 Å². The van der Waals surface area contributed by atoms with Gasteiger partial charge in [-0.1, -0.05) is 0 Å². The van der Waals surface area contributed by atoms with Crippen LogP contribution in [0.3, 0.4) is 0 Å². The van der Waals surface area contributed by atoms with Crippen LogP contribution in [0.5, 0.6) is 0 Å². The van der Waals surface area contributed by atoms with Gasteiger partial charge in [0.15, 0.2) is 0 Å². The lowest BCUT2D eigenvalue weighted by atomic mass is 10.2. The van der Waals surface area contributed by atoms with Gasteiger partial charge in [-0.15, -0.1) is 0 Å². The summed E-state index contributed by atoms with van der Waals surface area (Å²) in [4.78, 5) is 1.45. The van der Waals surface area contributed by atoms with Crippen LogP contribution < -0.4 is 4.90 Å². The lowest BCUT2D eigenvalue weighted by molar-refractivity contribution is 0.156. The molecule has 0 spiro atoms. The van der Waals surface area contributed by atoms with Crippen LogP contribution in [0.4, 0.5) is 14.5 Å². The number of nitriles is 1. The van der Waals surface area contributed by atoms with Gasteiger partial charge in [-0.3, -0.25) is 0 Å². The van der Waals surface area contributed by atoms with Crippen molar-refractivity contribution >= 4 is 5.69 Å². The van der Waals surface area contributed by atoms with E-state index in [4.69, 9.17) is 5.26 Å². The zero-order valence-corrected chi connectivity index (χ0v) is 7.74. The summed E-state index contributed by atoms with van der Waals surface area (Å²) in [5, 5.41) is 8.53. The summed E-state index contributed by atoms with van der Waals surface area (Å²) in [5.74, 6) is 0. The van der Waals surface area contributed by atoms with E-state index in [1.807, 2.05) is 6.07 Å². The Labute approximate surface area is 81.4 Å². The minimum atomic E-state index is -2.35. The number of alkyl halides is 2. The van der Waals surface area contributed by atoms with Crippen LogP contribution in [-0.2, 0) is 0 Å². The number of hydrogen-bond acceptors (Lipinski definition) is 2. The highest BCUT2D eigenvalue weighted by molar-refractivity contribution is 5.48. The van der Waals surface area contributed by atoms with Gasteiger partial charge in [-0.25, -0.2) is 8.78 Å². The normalized spacial score (nSPS) is 9.93. The molecule has 0 saturated carbocycles. The van der Waals surface area contributed by atoms with Crippen LogP contribution in [0, 0.1) is 11.3 Å². The maximum atomic E-state index is 12.0. The predicted octanol–water partition coefficient (Wildman–Crippen LogP) is 2.26. The third-order valence-corrected chi connectivity index (χ3v) is 1.85. The maximum absolute atomic E-state index is 12.0. The second kappa shape index (κ2) is 4.56. The van der Waals surface area contributed by atoms with Gasteiger partial charge in [-0.2, -0.15) is 5.26 Å². The average molecular weight is 196 g/mol. The Kier molecular flexibility index (Phi) is 3.41. The topological polar surface area (TPSA) is 27.0 Å². The molecule has 0 bridgehead atoms. The smallest absolute Gasteiger partial charge is 0.255 e. The molecular formula is C10H10F2N2. The van der Waals surface area contributed by atoms with E-state index in [-0.39, 0.29) is 6.54 Å². The minimum Gasteiger partial charge on any atom is -0.369 e. The fourth-order valence-electron chi connectivity index (χ4n) is 1.10. The van der Waals surface area contributed by atoms with Crippen molar-refractivity contribution in [2.45, 2.75) is 6.43 Å². The van der Waals surface area contributed by atoms with Gasteiger partial charge >= 0.3 is 0 Å². The number of hydrogen-bond donors (Lipinski definition) is 0. The molecule has 14 heavy (non-hydrogen) atoms. The quantitative estimate of drug-likeness (QED) is 0.741. The van der Waals surface area contributed by atoms with Crippen LogP contribution in [-0.4, -0.2) is 20.0 Å². The molecule has 0 amide bonds. The number of nitrogens with zero attached hydrogens (tertiary/aromatic N) is 2. The van der Waals surface area contributed by atoms with Crippen molar-refractivity contribution < 1.29 is 8.78 Å². The molecule has 0 aliphatic heterocycles. The number of rotatable bonds is 3. The fraction of sp³-hybridized carbons (Fsp3) is 0.300. The molecule has 1 aromatic carbocycles. The van der Waals surface area contributed by atoms with Crippen molar-refractivity contribution in [1.29, 1.82) is 5.26 Å². The van der Waals surface area contributed by atoms with E-state index in [2.05, 4.69) is 0 Å². The fourth-order valence-corrected chi connectivity index (χ4v) is 1.10. The van der Waals surface area contributed by atoms with Crippen molar-refractivity contribution in [3.63, 3.8) is 0 Å². The first kappa shape index (κ1) is 10.5. The summed E-state index contributed by atoms with van der Waals surface area (Å²) in [6.07, 6.45) is -2.35. The molecule has 0 aromatic heterocycles. The summed E-state index contributed by atoms with van der Waals surface area (Å²) in [7, 11) is 1.59. The third-order valence-electron chi connectivity index (χ3n) is 1.85. The van der Waals surface area contributed by atoms with Gasteiger partial charge in [0.2, 0.25) is 0 Å². The summed E-state index contributed by atoms with van der Waals surface area (Å²) < 4.78 is 24.0. The zero-order chi connectivity index (χ0) is 10.6. The molecule has 4 heteroatoms. The largest absolute Gasteiger partial charge is 0.369 e. The Hall–Kier alpha value is -1.63. The Morgan fingerprint density at radius 2 is 1.93 bits per heavy atom. The van der Waals surface area contributed by atoms with E-state index < -0.39 is 6.43 Å². The molecule has 0 aliphatic carbocycles. The van der Waals surface area contributed by atoms with Crippen LogP contribution in [0.25, 0.3) is 0 Å². The number of benzene rings is 1. The lowest BCUT2D eigenvalue weighted by Gasteiger charge is -2.18. The molecule has 1 aromatic rings. The summed E-state index contributed by atoms with van der Waals surface area (Å²) in [5.41, 5.74) is 1.21. The van der Waals surface area contributed by atoms with E-state index in [1.54, 1.807) is 31.3 Å². The molecule has 0 saturated heterocycles. The second-order valence-electron chi connectivity index (χ2n) is 2.93. The molecule has 0 fully saturated rings. The van der Waals surface area contributed by atoms with E-state index >= 15 is 0 Å². The van der Waals surface area contributed by atoms with Crippen LogP contribution in [0.2, 0.25) is 0 Å². The molecule has 74 valence electrons. The van der Waals surface area contributed by atoms with Gasteiger partial charge in [0.05, 0.1) is 18.2 Å². The Morgan fingerprint density at radius 3 is 2.36 bits per heavy atom. The lowest BCUT2D eigenvalue weighted by Crippen LogP contribution is -2.23. The first-order valence-electron chi connectivity index (χ1n) is 4.13. The monoisotopic (exact) mass is 196 g/mol. The van der Waals surface area contributed by atoms with Crippen molar-refractivity contribution in [3.05, 3.63) is 29.8 Å². The van der Waals surface area contributed by atoms with E-state index in [9.17, 15) is 8.78 Å². The third kappa shape index (κ3) is 2.70. The summed E-state index contributed by atoms with van der Waals surface area (Å²) in [6, 6.07) is 8.49. The molecule has 0 radical (unpaired) electrons. The van der Waals surface area contributed by atoms with Crippen LogP contribution >= 0.6 is 0 Å². The van der Waals surface area contributed by atoms with Gasteiger partial charge in [-0.05, 0) is 24.3 Å². The molecular weight excluding hydrogens is 186 g/mol. The van der Waals surface area contributed by atoms with E-state index in [0.717, 1.165) is 0 Å². The van der Waals surface area contributed by atoms with Crippen molar-refractivity contribution in [3.8, 4) is 6.07 Å². The van der Waals surface area contributed by atoms with E-state index in [0.29, 0.717) is 11.3 Å². The second-order valence-corrected chi connectivity index (χ2v) is 2.93. The van der Waals surface area contributed by atoms with Gasteiger partial charge < -0.3 is 4.90 Å². The first-order chi connectivity index (χ1) is 6.63. The Balaban J connectivity index is 2.72. The summed E-state index contributed by atoms with van der Waals surface area (Å²) in [6.45, 7) is -0.300. The van der Waals surface area contributed by atoms with Crippen LogP contribution in [0.1, 0.15) is 5.56 Å². The standard InChI is InChI=1S/C10H10F2N2/c1-14(7-10(11)12)9-4-2-8(6-13)3-5-9/h2-5,10H,7H2,1H3. The zero-order valence-electron chi connectivity index (χ0n) is 7.74. The molecule has 0 aliphatic rings. The maximum Gasteiger partial charge on any atom is 0.255 e. The highest BCUT2D eigenvalue weighted by Crippen LogP contribution is 2.14. The van der Waals surface area contributed by atoms with Crippen LogP contribution in [0.15, 0.2) is 24.3 Å². The highest BCUT2D eigenvalue weighted by atomic mass is 19.3. The van der Waals surface area contributed by atoms with Crippen molar-refractivity contribution in [2.24, 2.45) is 0 Å². The van der Waals surface area contributed by atoms with Crippen molar-refractivity contribution in [1.82, 2.24) is 0 Å². The number of halogens is 2. The van der Waals surface area contributed by atoms with Gasteiger partial charge in [0.25, 0.3) is 6.43 Å². The molecule has 1 rings (SSSR count). The van der Waals surface area contributed by atoms with Gasteiger partial charge in [0, 0.05) is 12.7 Å². The molecule has 0 heterocycles. The predicted molar refractivity (Wildman–Crippen MR) is 50.4 cm³/mol. The molecule has 0 atom stereocenters. The van der Waals surface area contributed by atoms with Crippen molar-refractivity contribution in [2.75, 3.05) is 18.5 Å². The molecule has 0 unspecified atom stereocenters. The Morgan fingerprint density at radius 1 is 1.36 bits per heavy atom. The minimum absolute atomic E-state index is 0.300. The SMILES string of the molecule is CN(CC(F)F)c1ccc(C#N)cc1. The summed E-state index contributed by atoms with van der Waals surface area (Å²) >= 11 is 0. The number of anilines is 1. The average Bonchev–Trinajstić information content (AvgIpc) is 2.17. The highest BCUT2D eigenvalue weighted by Gasteiger charge is 2.07. The Bertz CT molecular complexity index is 327. The first-order valence-corrected chi connectivity index (χ1v) is 4.13.